The van der Waals surface area contributed by atoms with Crippen LogP contribution in [-0.2, 0) is 4.57 Å². The highest BCUT2D eigenvalue weighted by atomic mass is 127. The molecule has 1 aromatic carbocycles. The van der Waals surface area contributed by atoms with E-state index in [0.717, 1.165) is 35.0 Å². The third-order valence-electron chi connectivity index (χ3n) is 3.83. The monoisotopic (exact) mass is 582 g/mol. The van der Waals surface area contributed by atoms with E-state index in [1.165, 1.54) is 0 Å². The first-order valence-electron chi connectivity index (χ1n) is 8.25. The van der Waals surface area contributed by atoms with Crippen molar-refractivity contribution >= 4 is 89.8 Å². The molecule has 0 radical (unpaired) electrons. The quantitative estimate of drug-likeness (QED) is 0.191. The highest BCUT2D eigenvalue weighted by molar-refractivity contribution is 14.1. The van der Waals surface area contributed by atoms with Gasteiger partial charge in [-0.05, 0) is 101 Å². The molecule has 27 heavy (non-hydrogen) atoms. The number of hydrogen-bond acceptors (Lipinski definition) is 4. The topological polar surface area (TPSA) is 50.3 Å². The van der Waals surface area contributed by atoms with Crippen LogP contribution in [0.4, 0.5) is 0 Å². The average molecular weight is 584 g/mol. The maximum atomic E-state index is 12.6. The summed E-state index contributed by atoms with van der Waals surface area (Å²) in [5.41, 5.74) is 1.39. The molecule has 2 aromatic rings. The summed E-state index contributed by atoms with van der Waals surface area (Å²) in [5.74, 6) is 0.144. The molecular formula is C17H20Cl4IN2O2P. The van der Waals surface area contributed by atoms with Gasteiger partial charge in [0.1, 0.15) is 0 Å². The normalized spacial score (nSPS) is 11.4. The number of carbonyl (C=O) groups is 1. The van der Waals surface area contributed by atoms with Crippen molar-refractivity contribution < 1.29 is 9.36 Å². The predicted octanol–water partition coefficient (Wildman–Crippen LogP) is 7.61. The van der Waals surface area contributed by atoms with Crippen LogP contribution in [0.2, 0.25) is 5.02 Å². The number of rotatable bonds is 7. The molecule has 0 bridgehead atoms. The average Bonchev–Trinajstić information content (AvgIpc) is 2.57. The fourth-order valence-corrected chi connectivity index (χ4v) is 3.36. The van der Waals surface area contributed by atoms with Crippen LogP contribution >= 0.6 is 73.1 Å². The molecule has 0 aliphatic rings. The van der Waals surface area contributed by atoms with E-state index < -0.39 is 5.20 Å². The molecule has 0 atom stereocenters. The van der Waals surface area contributed by atoms with Gasteiger partial charge in [0.15, 0.2) is 5.78 Å². The van der Waals surface area contributed by atoms with Gasteiger partial charge in [-0.15, -0.1) is 0 Å². The van der Waals surface area contributed by atoms with Crippen LogP contribution in [-0.4, -0.2) is 35.3 Å². The van der Waals surface area contributed by atoms with Gasteiger partial charge >= 0.3 is 5.20 Å². The minimum Gasteiger partial charge on any atom is -0.304 e. The van der Waals surface area contributed by atoms with Crippen molar-refractivity contribution in [3.05, 3.63) is 38.6 Å². The molecule has 0 saturated carbocycles. The van der Waals surface area contributed by atoms with Crippen molar-refractivity contribution in [3.63, 3.8) is 0 Å². The van der Waals surface area contributed by atoms with Crippen molar-refractivity contribution in [2.24, 2.45) is 0 Å². The summed E-state index contributed by atoms with van der Waals surface area (Å²) in [4.78, 5) is 19.3. The molecule has 10 heteroatoms. The smallest absolute Gasteiger partial charge is 0.304 e. The van der Waals surface area contributed by atoms with Crippen LogP contribution in [0.1, 0.15) is 37.0 Å². The van der Waals surface area contributed by atoms with Gasteiger partial charge in [-0.2, -0.15) is 0 Å². The first-order valence-corrected chi connectivity index (χ1v) is 14.1. The maximum Gasteiger partial charge on any atom is 0.339 e. The highest BCUT2D eigenvalue weighted by Gasteiger charge is 2.14. The summed E-state index contributed by atoms with van der Waals surface area (Å²) in [6.45, 7) is 7.28. The summed E-state index contributed by atoms with van der Waals surface area (Å²) in [6, 6.07) is 5.64. The lowest BCUT2D eigenvalue weighted by Gasteiger charge is -2.17. The zero-order valence-corrected chi connectivity index (χ0v) is 21.0. The molecule has 0 unspecified atom stereocenters. The fraction of sp³-hybridized carbons (Fsp3) is 0.412. The van der Waals surface area contributed by atoms with Gasteiger partial charge in [0.2, 0.25) is 0 Å². The Morgan fingerprint density at radius 3 is 2.37 bits per heavy atom. The van der Waals surface area contributed by atoms with Crippen LogP contribution in [0.3, 0.4) is 0 Å². The largest absolute Gasteiger partial charge is 0.339 e. The number of halogens is 5. The number of ketones is 1. The number of carbonyl (C=O) groups excluding carboxylic acids is 1. The molecule has 4 nitrogen and oxygen atoms in total. The molecule has 150 valence electrons. The fourth-order valence-electron chi connectivity index (χ4n) is 2.54. The second-order valence-corrected chi connectivity index (χ2v) is 13.9. The number of pyridine rings is 1. The number of aromatic nitrogens is 1. The molecule has 0 aliphatic heterocycles. The van der Waals surface area contributed by atoms with E-state index >= 15 is 0 Å². The molecule has 2 rings (SSSR count). The molecule has 1 heterocycles. The second-order valence-electron chi connectivity index (χ2n) is 5.59. The molecule has 0 N–H and O–H groups in total. The summed E-state index contributed by atoms with van der Waals surface area (Å²) >= 11 is 22.3. The van der Waals surface area contributed by atoms with Crippen molar-refractivity contribution in [1.29, 1.82) is 0 Å². The number of fused-ring (bicyclic) bond motifs is 1. The minimum absolute atomic E-state index is 0.144. The van der Waals surface area contributed by atoms with E-state index in [4.69, 9.17) is 11.6 Å². The van der Waals surface area contributed by atoms with Crippen LogP contribution < -0.4 is 0 Å². The Labute approximate surface area is 192 Å². The predicted molar refractivity (Wildman–Crippen MR) is 126 cm³/mol. The molecular weight excluding hydrogens is 564 g/mol. The highest BCUT2D eigenvalue weighted by Crippen LogP contribution is 2.61. The van der Waals surface area contributed by atoms with E-state index in [0.29, 0.717) is 22.5 Å². The van der Waals surface area contributed by atoms with Crippen LogP contribution in [0.5, 0.6) is 0 Å². The number of benzene rings is 1. The molecule has 0 fully saturated rings. The summed E-state index contributed by atoms with van der Waals surface area (Å²) in [6.07, 6.45) is 3.07. The van der Waals surface area contributed by atoms with E-state index in [1.807, 2.05) is 12.1 Å². The van der Waals surface area contributed by atoms with E-state index in [-0.39, 0.29) is 5.78 Å². The first kappa shape index (κ1) is 25.4. The van der Waals surface area contributed by atoms with Crippen molar-refractivity contribution in [3.8, 4) is 0 Å². The number of nitrogens with zero attached hydrogens (tertiary/aromatic N) is 2. The van der Waals surface area contributed by atoms with Crippen LogP contribution in [0.15, 0.2) is 24.4 Å². The van der Waals surface area contributed by atoms with E-state index in [2.05, 4.69) is 80.0 Å². The lowest BCUT2D eigenvalue weighted by molar-refractivity contribution is 0.0976. The molecule has 0 aliphatic carbocycles. The lowest BCUT2D eigenvalue weighted by Crippen LogP contribution is -2.24. The van der Waals surface area contributed by atoms with Gasteiger partial charge < -0.3 is 4.90 Å². The summed E-state index contributed by atoms with van der Waals surface area (Å²) in [5, 5.41) is -1.73. The number of hydrogen-bond donors (Lipinski definition) is 0. The van der Waals surface area contributed by atoms with Crippen LogP contribution in [0.25, 0.3) is 10.9 Å². The third-order valence-corrected chi connectivity index (χ3v) is 4.78. The SMILES string of the molecule is CCN(CC)CCCC(=O)c1cc(I)cc2c(Cl)ccnc12.O=P(Cl)(Cl)Cl. The molecule has 1 aromatic heterocycles. The van der Waals surface area contributed by atoms with Gasteiger partial charge in [-0.1, -0.05) is 25.4 Å². The van der Waals surface area contributed by atoms with Crippen molar-refractivity contribution in [2.45, 2.75) is 26.7 Å². The zero-order valence-electron chi connectivity index (χ0n) is 14.9. The summed E-state index contributed by atoms with van der Waals surface area (Å²) < 4.78 is 10.5. The van der Waals surface area contributed by atoms with Gasteiger partial charge in [0.05, 0.1) is 10.5 Å². The van der Waals surface area contributed by atoms with E-state index in [9.17, 15) is 9.36 Å². The van der Waals surface area contributed by atoms with Gasteiger partial charge in [0.25, 0.3) is 0 Å². The Morgan fingerprint density at radius 2 is 1.81 bits per heavy atom. The Kier molecular flexibility index (Phi) is 11.4. The summed E-state index contributed by atoms with van der Waals surface area (Å²) in [7, 11) is 0. The minimum atomic E-state index is -3.22. The van der Waals surface area contributed by atoms with Crippen LogP contribution in [0, 0.1) is 3.57 Å². The third kappa shape index (κ3) is 9.62. The molecule has 0 amide bonds. The second kappa shape index (κ2) is 12.2. The standard InChI is InChI=1S/C17H20ClIN2O.Cl3OP/c1-3-21(4-2)9-5-6-16(22)14-11-12(19)10-13-15(18)7-8-20-17(13)14;1-5(2,3)4/h7-8,10-11H,3-6,9H2,1-2H3;. The first-order chi connectivity index (χ1) is 12.6. The van der Waals surface area contributed by atoms with Crippen molar-refractivity contribution in [2.75, 3.05) is 19.6 Å². The number of Topliss-reactive ketones (excluding diaryl/α,β-unsaturated/α-hetero) is 1. The van der Waals surface area contributed by atoms with Gasteiger partial charge in [-0.3, -0.25) is 14.3 Å². The van der Waals surface area contributed by atoms with E-state index in [1.54, 1.807) is 12.3 Å². The Balaban J connectivity index is 0.000000646. The maximum absolute atomic E-state index is 12.6. The zero-order chi connectivity index (χ0) is 20.6. The van der Waals surface area contributed by atoms with Crippen molar-refractivity contribution in [1.82, 2.24) is 9.88 Å². The Bertz CT molecular complexity index is 820. The Hall–Kier alpha value is 0.380. The van der Waals surface area contributed by atoms with Gasteiger partial charge in [-0.25, -0.2) is 0 Å². The lowest BCUT2D eigenvalue weighted by atomic mass is 10.0. The molecule has 0 saturated heterocycles. The molecule has 0 spiro atoms. The van der Waals surface area contributed by atoms with Gasteiger partial charge in [0, 0.05) is 27.1 Å². The Morgan fingerprint density at radius 1 is 1.22 bits per heavy atom.